The number of hydrogen-bond donors (Lipinski definition) is 2. The van der Waals surface area contributed by atoms with Crippen LogP contribution in [0, 0.1) is 12.8 Å². The molecule has 0 amide bonds. The van der Waals surface area contributed by atoms with Crippen LogP contribution < -0.4 is 10.6 Å². The van der Waals surface area contributed by atoms with Gasteiger partial charge in [0, 0.05) is 13.6 Å². The van der Waals surface area contributed by atoms with Gasteiger partial charge >= 0.3 is 5.97 Å². The number of halogens is 1. The van der Waals surface area contributed by atoms with Crippen LogP contribution in [0.3, 0.4) is 0 Å². The molecule has 0 aliphatic heterocycles. The van der Waals surface area contributed by atoms with E-state index in [9.17, 15) is 4.79 Å². The molecular weight excluding hydrogens is 385 g/mol. The van der Waals surface area contributed by atoms with Crippen molar-refractivity contribution in [3.63, 3.8) is 0 Å². The van der Waals surface area contributed by atoms with Crippen molar-refractivity contribution in [3.05, 3.63) is 23.2 Å². The Morgan fingerprint density at radius 2 is 2.10 bits per heavy atom. The van der Waals surface area contributed by atoms with E-state index < -0.39 is 0 Å². The standard InChI is InChI=1S/C14H23N3O3.HI/c1-9(2)7-16-14(15-4)17-8-11-6-12(10(3)20-11)13(18)19-5;/h6,9H,7-8H2,1-5H3,(H2,15,16,17);1H. The normalized spacial score (nSPS) is 11.0. The lowest BCUT2D eigenvalue weighted by atomic mass is 10.2. The molecule has 0 aliphatic rings. The Hall–Kier alpha value is -1.25. The number of ether oxygens (including phenoxy) is 1. The Morgan fingerprint density at radius 1 is 1.43 bits per heavy atom. The Labute approximate surface area is 142 Å². The highest BCUT2D eigenvalue weighted by atomic mass is 127. The van der Waals surface area contributed by atoms with Gasteiger partial charge in [-0.2, -0.15) is 0 Å². The fourth-order valence-electron chi connectivity index (χ4n) is 1.64. The molecule has 0 saturated heterocycles. The van der Waals surface area contributed by atoms with E-state index in [4.69, 9.17) is 4.42 Å². The summed E-state index contributed by atoms with van der Waals surface area (Å²) in [6.45, 7) is 7.28. The smallest absolute Gasteiger partial charge is 0.341 e. The van der Waals surface area contributed by atoms with Gasteiger partial charge < -0.3 is 19.8 Å². The number of rotatable bonds is 5. The molecule has 2 N–H and O–H groups in total. The van der Waals surface area contributed by atoms with E-state index in [0.29, 0.717) is 35.5 Å². The van der Waals surface area contributed by atoms with Gasteiger partial charge in [-0.25, -0.2) is 4.79 Å². The maximum Gasteiger partial charge on any atom is 0.341 e. The first-order valence-corrected chi connectivity index (χ1v) is 6.60. The van der Waals surface area contributed by atoms with E-state index in [0.717, 1.165) is 6.54 Å². The summed E-state index contributed by atoms with van der Waals surface area (Å²) in [6, 6.07) is 1.68. The third kappa shape index (κ3) is 6.36. The quantitative estimate of drug-likeness (QED) is 0.338. The number of carbonyl (C=O) groups is 1. The summed E-state index contributed by atoms with van der Waals surface area (Å²) in [5.74, 6) is 2.06. The largest absolute Gasteiger partial charge is 0.465 e. The van der Waals surface area contributed by atoms with Crippen molar-refractivity contribution < 1.29 is 13.9 Å². The summed E-state index contributed by atoms with van der Waals surface area (Å²) in [4.78, 5) is 15.6. The van der Waals surface area contributed by atoms with Crippen LogP contribution in [0.15, 0.2) is 15.5 Å². The third-order valence-corrected chi connectivity index (χ3v) is 2.71. The second kappa shape index (κ2) is 9.64. The number of carbonyl (C=O) groups excluding carboxylic acids is 1. The molecule has 0 bridgehead atoms. The molecule has 0 aromatic carbocycles. The summed E-state index contributed by atoms with van der Waals surface area (Å²) >= 11 is 0. The molecular formula is C14H24IN3O3. The summed E-state index contributed by atoms with van der Waals surface area (Å²) in [6.07, 6.45) is 0. The first-order valence-electron chi connectivity index (χ1n) is 6.60. The van der Waals surface area contributed by atoms with E-state index >= 15 is 0 Å². The summed E-state index contributed by atoms with van der Waals surface area (Å²) in [5.41, 5.74) is 0.453. The highest BCUT2D eigenvalue weighted by molar-refractivity contribution is 14.0. The highest BCUT2D eigenvalue weighted by Crippen LogP contribution is 2.15. The van der Waals surface area contributed by atoms with E-state index in [2.05, 4.69) is 34.2 Å². The van der Waals surface area contributed by atoms with Gasteiger partial charge in [0.05, 0.1) is 13.7 Å². The number of furan rings is 1. The van der Waals surface area contributed by atoms with Crippen molar-refractivity contribution in [3.8, 4) is 0 Å². The zero-order valence-corrected chi connectivity index (χ0v) is 15.5. The van der Waals surface area contributed by atoms with Crippen molar-refractivity contribution in [2.75, 3.05) is 20.7 Å². The van der Waals surface area contributed by atoms with Crippen LogP contribution in [0.4, 0.5) is 0 Å². The molecule has 6 nitrogen and oxygen atoms in total. The van der Waals surface area contributed by atoms with Crippen LogP contribution in [-0.2, 0) is 11.3 Å². The number of nitrogens with one attached hydrogen (secondary N) is 2. The first-order chi connectivity index (χ1) is 9.47. The van der Waals surface area contributed by atoms with Gasteiger partial charge in [-0.1, -0.05) is 13.8 Å². The topological polar surface area (TPSA) is 75.9 Å². The van der Waals surface area contributed by atoms with Gasteiger partial charge in [-0.05, 0) is 18.9 Å². The Bertz CT molecular complexity index is 484. The summed E-state index contributed by atoms with van der Waals surface area (Å²) in [7, 11) is 3.06. The number of aryl methyl sites for hydroxylation is 1. The number of aliphatic imine (C=N–C) groups is 1. The minimum Gasteiger partial charge on any atom is -0.465 e. The molecule has 1 aromatic heterocycles. The predicted molar refractivity (Wildman–Crippen MR) is 93.2 cm³/mol. The minimum atomic E-state index is -0.389. The SMILES string of the molecule is CN=C(NCc1cc(C(=O)OC)c(C)o1)NCC(C)C.I. The fraction of sp³-hybridized carbons (Fsp3) is 0.571. The van der Waals surface area contributed by atoms with Gasteiger partial charge in [0.25, 0.3) is 0 Å². The highest BCUT2D eigenvalue weighted by Gasteiger charge is 2.15. The molecule has 0 radical (unpaired) electrons. The average Bonchev–Trinajstić information content (AvgIpc) is 2.79. The van der Waals surface area contributed by atoms with Crippen LogP contribution in [0.2, 0.25) is 0 Å². The number of esters is 1. The maximum atomic E-state index is 11.5. The van der Waals surface area contributed by atoms with Crippen molar-refractivity contribution in [2.45, 2.75) is 27.3 Å². The average molecular weight is 409 g/mol. The fourth-order valence-corrected chi connectivity index (χ4v) is 1.64. The second-order valence-electron chi connectivity index (χ2n) is 4.87. The molecule has 0 spiro atoms. The molecule has 1 heterocycles. The molecule has 0 fully saturated rings. The van der Waals surface area contributed by atoms with Crippen molar-refractivity contribution in [1.29, 1.82) is 0 Å². The molecule has 120 valence electrons. The molecule has 1 rings (SSSR count). The molecule has 0 atom stereocenters. The molecule has 0 saturated carbocycles. The van der Waals surface area contributed by atoms with E-state index in [1.807, 2.05) is 0 Å². The van der Waals surface area contributed by atoms with E-state index in [1.54, 1.807) is 20.0 Å². The monoisotopic (exact) mass is 409 g/mol. The molecule has 21 heavy (non-hydrogen) atoms. The Kier molecular flexibility index (Phi) is 9.07. The summed E-state index contributed by atoms with van der Waals surface area (Å²) in [5, 5.41) is 6.33. The zero-order valence-electron chi connectivity index (χ0n) is 13.1. The van der Waals surface area contributed by atoms with Crippen LogP contribution in [0.5, 0.6) is 0 Å². The van der Waals surface area contributed by atoms with Crippen LogP contribution in [-0.4, -0.2) is 32.6 Å². The van der Waals surface area contributed by atoms with E-state index in [1.165, 1.54) is 7.11 Å². The van der Waals surface area contributed by atoms with Crippen molar-refractivity contribution >= 4 is 35.9 Å². The maximum absolute atomic E-state index is 11.5. The lowest BCUT2D eigenvalue weighted by molar-refractivity contribution is 0.0599. The lowest BCUT2D eigenvalue weighted by Crippen LogP contribution is -2.38. The number of hydrogen-bond acceptors (Lipinski definition) is 4. The van der Waals surface area contributed by atoms with Crippen LogP contribution in [0.25, 0.3) is 0 Å². The molecule has 7 heteroatoms. The molecule has 1 aromatic rings. The van der Waals surface area contributed by atoms with Crippen molar-refractivity contribution in [2.24, 2.45) is 10.9 Å². The third-order valence-electron chi connectivity index (χ3n) is 2.71. The minimum absolute atomic E-state index is 0. The van der Waals surface area contributed by atoms with Crippen molar-refractivity contribution in [1.82, 2.24) is 10.6 Å². The first kappa shape index (κ1) is 19.8. The van der Waals surface area contributed by atoms with Crippen LogP contribution >= 0.6 is 24.0 Å². The number of guanidine groups is 1. The van der Waals surface area contributed by atoms with E-state index in [-0.39, 0.29) is 29.9 Å². The van der Waals surface area contributed by atoms with Gasteiger partial charge in [0.2, 0.25) is 0 Å². The summed E-state index contributed by atoms with van der Waals surface area (Å²) < 4.78 is 10.2. The Morgan fingerprint density at radius 3 is 2.62 bits per heavy atom. The van der Waals surface area contributed by atoms with Gasteiger partial charge in [-0.3, -0.25) is 4.99 Å². The second-order valence-corrected chi connectivity index (χ2v) is 4.87. The number of methoxy groups -OCH3 is 1. The zero-order chi connectivity index (χ0) is 15.1. The Balaban J connectivity index is 0.00000400. The molecule has 0 unspecified atom stereocenters. The van der Waals surface area contributed by atoms with Gasteiger partial charge in [0.15, 0.2) is 5.96 Å². The number of nitrogens with zero attached hydrogens (tertiary/aromatic N) is 1. The van der Waals surface area contributed by atoms with Crippen LogP contribution in [0.1, 0.15) is 35.7 Å². The van der Waals surface area contributed by atoms with Gasteiger partial charge in [-0.15, -0.1) is 24.0 Å². The molecule has 0 aliphatic carbocycles. The lowest BCUT2D eigenvalue weighted by Gasteiger charge is -2.12. The van der Waals surface area contributed by atoms with Gasteiger partial charge in [0.1, 0.15) is 17.1 Å². The predicted octanol–water partition coefficient (Wildman–Crippen LogP) is 2.31.